The normalized spacial score (nSPS) is 16.8. The molecule has 37 heavy (non-hydrogen) atoms. The molecule has 4 amide bonds. The first kappa shape index (κ1) is 26.6. The van der Waals surface area contributed by atoms with Crippen LogP contribution < -0.4 is 15.4 Å². The number of anilines is 1. The molecule has 0 saturated carbocycles. The van der Waals surface area contributed by atoms with Crippen molar-refractivity contribution in [2.24, 2.45) is 0 Å². The lowest BCUT2D eigenvalue weighted by atomic mass is 9.91. The van der Waals surface area contributed by atoms with E-state index in [-0.39, 0.29) is 18.9 Å². The summed E-state index contributed by atoms with van der Waals surface area (Å²) in [6, 6.07) is 16.9. The highest BCUT2D eigenvalue weighted by atomic mass is 127. The van der Waals surface area contributed by atoms with E-state index in [1.54, 1.807) is 61.5 Å². The van der Waals surface area contributed by atoms with E-state index in [0.717, 1.165) is 10.5 Å². The minimum atomic E-state index is -1.24. The van der Waals surface area contributed by atoms with Crippen LogP contribution in [0, 0.1) is 9.39 Å². The van der Waals surface area contributed by atoms with Gasteiger partial charge in [0.05, 0.1) is 12.3 Å². The first-order valence-corrected chi connectivity index (χ1v) is 12.7. The molecule has 1 aliphatic heterocycles. The number of imide groups is 1. The summed E-state index contributed by atoms with van der Waals surface area (Å²) in [6.45, 7) is 1.73. The molecule has 1 unspecified atom stereocenters. The molecular formula is C27H25FIN3O5. The van der Waals surface area contributed by atoms with Crippen LogP contribution in [0.1, 0.15) is 30.0 Å². The number of aliphatic hydroxyl groups excluding tert-OH is 1. The third-order valence-electron chi connectivity index (χ3n) is 6.08. The summed E-state index contributed by atoms with van der Waals surface area (Å²) in [5.74, 6) is -1.99. The van der Waals surface area contributed by atoms with Gasteiger partial charge >= 0.3 is 6.03 Å². The van der Waals surface area contributed by atoms with Crippen molar-refractivity contribution in [2.45, 2.75) is 24.9 Å². The third kappa shape index (κ3) is 5.91. The fourth-order valence-corrected chi connectivity index (χ4v) is 4.66. The lowest BCUT2D eigenvalue weighted by Gasteiger charge is -2.30. The van der Waals surface area contributed by atoms with Crippen LogP contribution in [0.2, 0.25) is 0 Å². The first-order valence-electron chi connectivity index (χ1n) is 11.6. The van der Waals surface area contributed by atoms with Crippen LogP contribution in [0.15, 0.2) is 72.8 Å². The van der Waals surface area contributed by atoms with Crippen LogP contribution in [0.25, 0.3) is 0 Å². The van der Waals surface area contributed by atoms with Crippen molar-refractivity contribution >= 4 is 46.1 Å². The third-order valence-corrected chi connectivity index (χ3v) is 6.75. The summed E-state index contributed by atoms with van der Waals surface area (Å²) in [5.41, 5.74) is 1.20. The smallest absolute Gasteiger partial charge is 0.325 e. The van der Waals surface area contributed by atoms with Crippen LogP contribution in [0.5, 0.6) is 5.75 Å². The van der Waals surface area contributed by atoms with Crippen molar-refractivity contribution in [1.82, 2.24) is 10.2 Å². The second-order valence-corrected chi connectivity index (χ2v) is 9.74. The number of urea groups is 1. The van der Waals surface area contributed by atoms with Crippen molar-refractivity contribution in [3.05, 3.63) is 93.3 Å². The van der Waals surface area contributed by atoms with Gasteiger partial charge in [-0.3, -0.25) is 9.59 Å². The number of hydrogen-bond donors (Lipinski definition) is 3. The fourth-order valence-electron chi connectivity index (χ4n) is 4.21. The van der Waals surface area contributed by atoms with Gasteiger partial charge in [-0.05, 0) is 64.0 Å². The van der Waals surface area contributed by atoms with E-state index in [1.807, 2.05) is 28.7 Å². The zero-order valence-corrected chi connectivity index (χ0v) is 22.0. The molecule has 0 spiro atoms. The summed E-state index contributed by atoms with van der Waals surface area (Å²) < 4.78 is 20.5. The number of benzene rings is 3. The number of aliphatic hydroxyl groups is 1. The van der Waals surface area contributed by atoms with E-state index in [9.17, 15) is 18.8 Å². The van der Waals surface area contributed by atoms with Crippen LogP contribution >= 0.6 is 22.6 Å². The summed E-state index contributed by atoms with van der Waals surface area (Å²) in [7, 11) is 0. The minimum absolute atomic E-state index is 0.0438. The first-order chi connectivity index (χ1) is 17.8. The largest absolute Gasteiger partial charge is 0.491 e. The number of rotatable bonds is 9. The monoisotopic (exact) mass is 617 g/mol. The number of carbonyl (C=O) groups is 3. The van der Waals surface area contributed by atoms with Gasteiger partial charge in [0.15, 0.2) is 0 Å². The molecule has 1 saturated heterocycles. The molecule has 1 aliphatic rings. The van der Waals surface area contributed by atoms with E-state index in [0.29, 0.717) is 14.9 Å². The highest BCUT2D eigenvalue weighted by Crippen LogP contribution is 2.32. The van der Waals surface area contributed by atoms with Gasteiger partial charge in [-0.2, -0.15) is 0 Å². The maximum Gasteiger partial charge on any atom is 0.325 e. The Balaban J connectivity index is 1.64. The van der Waals surface area contributed by atoms with Crippen molar-refractivity contribution in [3.63, 3.8) is 0 Å². The number of ether oxygens (including phenoxy) is 1. The second-order valence-electron chi connectivity index (χ2n) is 8.49. The van der Waals surface area contributed by atoms with Crippen molar-refractivity contribution in [2.75, 3.05) is 18.5 Å². The van der Waals surface area contributed by atoms with Gasteiger partial charge in [-0.1, -0.05) is 49.4 Å². The molecule has 3 aromatic carbocycles. The molecule has 192 valence electrons. The van der Waals surface area contributed by atoms with E-state index >= 15 is 0 Å². The predicted molar refractivity (Wildman–Crippen MR) is 144 cm³/mol. The van der Waals surface area contributed by atoms with Gasteiger partial charge in [-0.25, -0.2) is 14.1 Å². The second kappa shape index (κ2) is 11.7. The molecule has 1 fully saturated rings. The zero-order valence-electron chi connectivity index (χ0n) is 19.9. The van der Waals surface area contributed by atoms with Crippen LogP contribution in [-0.2, 0) is 9.59 Å². The van der Waals surface area contributed by atoms with E-state index in [2.05, 4.69) is 10.6 Å². The van der Waals surface area contributed by atoms with Crippen LogP contribution in [0.3, 0.4) is 0 Å². The molecule has 3 aromatic rings. The maximum absolute atomic E-state index is 14.5. The predicted octanol–water partition coefficient (Wildman–Crippen LogP) is 4.21. The van der Waals surface area contributed by atoms with Gasteiger partial charge < -0.3 is 20.5 Å². The molecular weight excluding hydrogens is 592 g/mol. The molecule has 0 aliphatic carbocycles. The standard InChI is InChI=1S/C27H25FIN3O5/c1-16(17-5-3-2-4-6-17)24(25(34)30-22-12-9-19(29)15-21(22)28)32-26(35)23(31-27(32)36)18-7-10-20(11-8-18)37-14-13-33/h2-12,15-16,23-24,33H,13-14H2,1H3,(H,30,34)(H,31,36)/t16-,23+,24?/m0/s1. The van der Waals surface area contributed by atoms with Crippen molar-refractivity contribution in [3.8, 4) is 5.75 Å². The topological polar surface area (TPSA) is 108 Å². The number of halogens is 2. The molecule has 0 aromatic heterocycles. The average Bonchev–Trinajstić information content (AvgIpc) is 3.19. The summed E-state index contributed by atoms with van der Waals surface area (Å²) in [5, 5.41) is 14.1. The molecule has 10 heteroatoms. The zero-order chi connectivity index (χ0) is 26.5. The van der Waals surface area contributed by atoms with Gasteiger partial charge in [-0.15, -0.1) is 0 Å². The molecule has 4 rings (SSSR count). The highest BCUT2D eigenvalue weighted by Gasteiger charge is 2.47. The molecule has 0 radical (unpaired) electrons. The van der Waals surface area contributed by atoms with E-state index < -0.39 is 41.7 Å². The van der Waals surface area contributed by atoms with Gasteiger partial charge in [0.2, 0.25) is 5.91 Å². The van der Waals surface area contributed by atoms with E-state index in [4.69, 9.17) is 9.84 Å². The number of nitrogens with zero attached hydrogens (tertiary/aromatic N) is 1. The maximum atomic E-state index is 14.5. The Kier molecular flexibility index (Phi) is 8.39. The summed E-state index contributed by atoms with van der Waals surface area (Å²) in [4.78, 5) is 41.1. The van der Waals surface area contributed by atoms with Gasteiger partial charge in [0, 0.05) is 9.49 Å². The van der Waals surface area contributed by atoms with Crippen molar-refractivity contribution in [1.29, 1.82) is 0 Å². The SMILES string of the molecule is C[C@@H](c1ccccc1)C(C(=O)Nc1ccc(I)cc1F)N1C(=O)N[C@H](c2ccc(OCCO)cc2)C1=O. The van der Waals surface area contributed by atoms with Crippen LogP contribution in [0.4, 0.5) is 14.9 Å². The van der Waals surface area contributed by atoms with Gasteiger partial charge in [0.25, 0.3) is 5.91 Å². The quantitative estimate of drug-likeness (QED) is 0.247. The molecule has 1 heterocycles. The summed E-state index contributed by atoms with van der Waals surface area (Å²) in [6.07, 6.45) is 0. The van der Waals surface area contributed by atoms with Gasteiger partial charge in [0.1, 0.15) is 30.3 Å². The Morgan fingerprint density at radius 3 is 2.49 bits per heavy atom. The molecule has 3 N–H and O–H groups in total. The fraction of sp³-hybridized carbons (Fsp3) is 0.222. The lowest BCUT2D eigenvalue weighted by molar-refractivity contribution is -0.134. The highest BCUT2D eigenvalue weighted by molar-refractivity contribution is 14.1. The number of carbonyl (C=O) groups excluding carboxylic acids is 3. The molecule has 8 nitrogen and oxygen atoms in total. The number of hydrogen-bond acceptors (Lipinski definition) is 5. The van der Waals surface area contributed by atoms with E-state index in [1.165, 1.54) is 12.1 Å². The average molecular weight is 617 g/mol. The number of nitrogens with one attached hydrogen (secondary N) is 2. The lowest BCUT2D eigenvalue weighted by Crippen LogP contribution is -2.50. The Morgan fingerprint density at radius 2 is 1.84 bits per heavy atom. The Hall–Kier alpha value is -3.51. The summed E-state index contributed by atoms with van der Waals surface area (Å²) >= 11 is 1.96. The number of amides is 4. The Labute approximate surface area is 227 Å². The Bertz CT molecular complexity index is 1290. The Morgan fingerprint density at radius 1 is 1.14 bits per heavy atom. The van der Waals surface area contributed by atoms with Crippen LogP contribution in [-0.4, -0.2) is 47.1 Å². The molecule has 0 bridgehead atoms. The molecule has 3 atom stereocenters. The van der Waals surface area contributed by atoms with Crippen molar-refractivity contribution < 1.29 is 28.6 Å². The minimum Gasteiger partial charge on any atom is -0.491 e.